The molecule has 0 aromatic carbocycles. The van der Waals surface area contributed by atoms with E-state index in [2.05, 4.69) is 21.8 Å². The molecule has 0 atom stereocenters. The van der Waals surface area contributed by atoms with E-state index in [1.165, 1.54) is 6.33 Å². The van der Waals surface area contributed by atoms with Crippen molar-refractivity contribution in [1.82, 2.24) is 9.97 Å². The first-order chi connectivity index (χ1) is 4.93. The summed E-state index contributed by atoms with van der Waals surface area (Å²) in [5, 5.41) is 0. The van der Waals surface area contributed by atoms with Gasteiger partial charge in [-0.2, -0.15) is 0 Å². The predicted octanol–water partition coefficient (Wildman–Crippen LogP) is 1.04. The van der Waals surface area contributed by atoms with Crippen LogP contribution in [0.5, 0.6) is 0 Å². The maximum absolute atomic E-state index is 4.00. The highest BCUT2D eigenvalue weighted by molar-refractivity contribution is 5.09. The maximum Gasteiger partial charge on any atom is 0.115 e. The zero-order valence-electron chi connectivity index (χ0n) is 5.83. The molecule has 0 unspecified atom stereocenters. The number of aromatic nitrogens is 2. The van der Waals surface area contributed by atoms with E-state index in [1.807, 2.05) is 13.0 Å². The molecule has 50 valence electrons. The Bertz CT molecular complexity index is 243. The minimum Gasteiger partial charge on any atom is -0.245 e. The van der Waals surface area contributed by atoms with Gasteiger partial charge in [-0.05, 0) is 13.0 Å². The van der Waals surface area contributed by atoms with Gasteiger partial charge in [0.15, 0.2) is 0 Å². The number of hydrogen-bond donors (Lipinski definition) is 0. The van der Waals surface area contributed by atoms with Gasteiger partial charge in [-0.1, -0.05) is 5.92 Å². The highest BCUT2D eigenvalue weighted by atomic mass is 14.8. The first-order valence-electron chi connectivity index (χ1n) is 3.08. The largest absolute Gasteiger partial charge is 0.245 e. The summed E-state index contributed by atoms with van der Waals surface area (Å²) >= 11 is 0. The van der Waals surface area contributed by atoms with Gasteiger partial charge in [0, 0.05) is 6.20 Å². The van der Waals surface area contributed by atoms with Crippen LogP contribution in [-0.2, 0) is 6.42 Å². The molecule has 0 aliphatic heterocycles. The van der Waals surface area contributed by atoms with Crippen LogP contribution in [-0.4, -0.2) is 9.97 Å². The lowest BCUT2D eigenvalue weighted by Gasteiger charge is -1.88. The molecule has 0 amide bonds. The molecule has 0 saturated heterocycles. The molecule has 1 aromatic heterocycles. The second-order valence-corrected chi connectivity index (χ2v) is 1.80. The summed E-state index contributed by atoms with van der Waals surface area (Å²) < 4.78 is 0. The zero-order valence-corrected chi connectivity index (χ0v) is 5.83. The van der Waals surface area contributed by atoms with E-state index >= 15 is 0 Å². The maximum atomic E-state index is 4.00. The monoisotopic (exact) mass is 132 g/mol. The van der Waals surface area contributed by atoms with Crippen LogP contribution in [0.15, 0.2) is 18.6 Å². The van der Waals surface area contributed by atoms with Crippen molar-refractivity contribution in [3.63, 3.8) is 0 Å². The fraction of sp³-hybridized carbons (Fsp3) is 0.250. The highest BCUT2D eigenvalue weighted by Gasteiger charge is 1.85. The molecule has 0 aliphatic carbocycles. The van der Waals surface area contributed by atoms with Gasteiger partial charge < -0.3 is 0 Å². The van der Waals surface area contributed by atoms with Crippen molar-refractivity contribution < 1.29 is 0 Å². The van der Waals surface area contributed by atoms with Gasteiger partial charge in [-0.25, -0.2) is 9.97 Å². The lowest BCUT2D eigenvalue weighted by atomic mass is 10.3. The van der Waals surface area contributed by atoms with Crippen LogP contribution in [0.3, 0.4) is 0 Å². The first kappa shape index (κ1) is 6.76. The van der Waals surface area contributed by atoms with E-state index in [-0.39, 0.29) is 0 Å². The Labute approximate surface area is 60.3 Å². The molecule has 0 saturated carbocycles. The van der Waals surface area contributed by atoms with Crippen molar-refractivity contribution in [3.05, 3.63) is 24.3 Å². The summed E-state index contributed by atoms with van der Waals surface area (Å²) in [5.41, 5.74) is 0.976. The van der Waals surface area contributed by atoms with Crippen LogP contribution in [0.1, 0.15) is 12.6 Å². The van der Waals surface area contributed by atoms with Crippen molar-refractivity contribution in [2.24, 2.45) is 0 Å². The van der Waals surface area contributed by atoms with E-state index in [0.717, 1.165) is 12.1 Å². The zero-order chi connectivity index (χ0) is 7.23. The van der Waals surface area contributed by atoms with Crippen LogP contribution in [0.4, 0.5) is 0 Å². The summed E-state index contributed by atoms with van der Waals surface area (Å²) in [6, 6.07) is 1.87. The third-order valence-corrected chi connectivity index (χ3v) is 1.09. The van der Waals surface area contributed by atoms with Crippen LogP contribution in [0, 0.1) is 11.8 Å². The molecule has 2 nitrogen and oxygen atoms in total. The summed E-state index contributed by atoms with van der Waals surface area (Å²) in [4.78, 5) is 7.80. The third-order valence-electron chi connectivity index (χ3n) is 1.09. The van der Waals surface area contributed by atoms with Gasteiger partial charge in [0.05, 0.1) is 12.1 Å². The summed E-state index contributed by atoms with van der Waals surface area (Å²) in [6.07, 6.45) is 3.98. The Hall–Kier alpha value is -1.36. The molecule has 0 radical (unpaired) electrons. The van der Waals surface area contributed by atoms with Gasteiger partial charge in [0.1, 0.15) is 6.33 Å². The van der Waals surface area contributed by atoms with Crippen LogP contribution in [0.2, 0.25) is 0 Å². The average Bonchev–Trinajstić information content (AvgIpc) is 2.03. The first-order valence-corrected chi connectivity index (χ1v) is 3.08. The average molecular weight is 132 g/mol. The molecule has 0 spiro atoms. The Morgan fingerprint density at radius 1 is 1.60 bits per heavy atom. The van der Waals surface area contributed by atoms with Crippen molar-refractivity contribution in [3.8, 4) is 11.8 Å². The number of nitrogens with zero attached hydrogens (tertiary/aromatic N) is 2. The molecule has 0 N–H and O–H groups in total. The molecule has 0 aliphatic rings. The Morgan fingerprint density at radius 3 is 3.10 bits per heavy atom. The second-order valence-electron chi connectivity index (χ2n) is 1.80. The second kappa shape index (κ2) is 3.62. The Balaban J connectivity index is 2.64. The van der Waals surface area contributed by atoms with Crippen LogP contribution < -0.4 is 0 Å². The van der Waals surface area contributed by atoms with Crippen LogP contribution >= 0.6 is 0 Å². The SMILES string of the molecule is CC#CCc1ccncn1. The third kappa shape index (κ3) is 1.87. The van der Waals surface area contributed by atoms with Gasteiger partial charge in [-0.15, -0.1) is 5.92 Å². The van der Waals surface area contributed by atoms with E-state index in [4.69, 9.17) is 0 Å². The van der Waals surface area contributed by atoms with Crippen molar-refractivity contribution in [2.45, 2.75) is 13.3 Å². The standard InChI is InChI=1S/C8H8N2/c1-2-3-4-8-5-6-9-7-10-8/h5-7H,4H2,1H3. The van der Waals surface area contributed by atoms with Gasteiger partial charge in [0.25, 0.3) is 0 Å². The summed E-state index contributed by atoms with van der Waals surface area (Å²) in [7, 11) is 0. The smallest absolute Gasteiger partial charge is 0.115 e. The van der Waals surface area contributed by atoms with E-state index in [9.17, 15) is 0 Å². The molecule has 1 rings (SSSR count). The molecule has 0 fully saturated rings. The number of rotatable bonds is 1. The van der Waals surface area contributed by atoms with Crippen molar-refractivity contribution in [2.75, 3.05) is 0 Å². The van der Waals surface area contributed by atoms with E-state index < -0.39 is 0 Å². The van der Waals surface area contributed by atoms with E-state index in [1.54, 1.807) is 6.20 Å². The Kier molecular flexibility index (Phi) is 2.45. The van der Waals surface area contributed by atoms with Gasteiger partial charge >= 0.3 is 0 Å². The Morgan fingerprint density at radius 2 is 2.50 bits per heavy atom. The summed E-state index contributed by atoms with van der Waals surface area (Å²) in [5.74, 6) is 5.73. The fourth-order valence-corrected chi connectivity index (χ4v) is 0.602. The van der Waals surface area contributed by atoms with Crippen molar-refractivity contribution >= 4 is 0 Å². The minimum absolute atomic E-state index is 0.721. The predicted molar refractivity (Wildman–Crippen MR) is 39.2 cm³/mol. The molecular formula is C8H8N2. The molecule has 1 heterocycles. The molecule has 0 bridgehead atoms. The van der Waals surface area contributed by atoms with Gasteiger partial charge in [-0.3, -0.25) is 0 Å². The quantitative estimate of drug-likeness (QED) is 0.533. The normalized spacial score (nSPS) is 8.10. The lowest BCUT2D eigenvalue weighted by Crippen LogP contribution is -1.86. The van der Waals surface area contributed by atoms with E-state index in [0.29, 0.717) is 0 Å². The molecule has 10 heavy (non-hydrogen) atoms. The highest BCUT2D eigenvalue weighted by Crippen LogP contribution is 1.89. The minimum atomic E-state index is 0.721. The lowest BCUT2D eigenvalue weighted by molar-refractivity contribution is 1.06. The fourth-order valence-electron chi connectivity index (χ4n) is 0.602. The molecule has 1 aromatic rings. The van der Waals surface area contributed by atoms with Crippen molar-refractivity contribution in [1.29, 1.82) is 0 Å². The summed E-state index contributed by atoms with van der Waals surface area (Å²) in [6.45, 7) is 1.82. The van der Waals surface area contributed by atoms with Gasteiger partial charge in [0.2, 0.25) is 0 Å². The number of hydrogen-bond acceptors (Lipinski definition) is 2. The topological polar surface area (TPSA) is 25.8 Å². The molecular weight excluding hydrogens is 124 g/mol. The van der Waals surface area contributed by atoms with Crippen LogP contribution in [0.25, 0.3) is 0 Å². The molecule has 2 heteroatoms.